The quantitative estimate of drug-likeness (QED) is 0.636. The molecule has 2 fully saturated rings. The summed E-state index contributed by atoms with van der Waals surface area (Å²) < 4.78 is 17.0. The van der Waals surface area contributed by atoms with Crippen LogP contribution in [-0.4, -0.2) is 52.0 Å². The number of nitrogens with zero attached hydrogens (tertiary/aromatic N) is 1. The lowest BCUT2D eigenvalue weighted by Gasteiger charge is -2.21. The van der Waals surface area contributed by atoms with Crippen molar-refractivity contribution in [3.63, 3.8) is 0 Å². The van der Waals surface area contributed by atoms with Gasteiger partial charge in [0.25, 0.3) is 0 Å². The van der Waals surface area contributed by atoms with Crippen molar-refractivity contribution >= 4 is 10.8 Å². The molecule has 2 rings (SSSR count). The van der Waals surface area contributed by atoms with Crippen LogP contribution in [0.3, 0.4) is 0 Å². The summed E-state index contributed by atoms with van der Waals surface area (Å²) in [7, 11) is -0.666. The van der Waals surface area contributed by atoms with Crippen LogP contribution in [0.2, 0.25) is 0 Å². The number of hydrogen-bond acceptors (Lipinski definition) is 3. The third kappa shape index (κ3) is 2.55. The molecule has 0 aromatic carbocycles. The highest BCUT2D eigenvalue weighted by atomic mass is 32.2. The molecule has 4 heteroatoms. The fourth-order valence-electron chi connectivity index (χ4n) is 1.79. The van der Waals surface area contributed by atoms with Crippen LogP contribution in [0.15, 0.2) is 0 Å². The highest BCUT2D eigenvalue weighted by Crippen LogP contribution is 2.22. The molecular formula is C10H19NO2S. The minimum atomic E-state index is -0.666. The van der Waals surface area contributed by atoms with Crippen LogP contribution in [0.1, 0.15) is 20.3 Å². The van der Waals surface area contributed by atoms with Crippen LogP contribution in [0.4, 0.5) is 0 Å². The van der Waals surface area contributed by atoms with Crippen LogP contribution in [0, 0.1) is 0 Å². The summed E-state index contributed by atoms with van der Waals surface area (Å²) >= 11 is 0. The predicted molar refractivity (Wildman–Crippen MR) is 57.9 cm³/mol. The number of ether oxygens (including phenoxy) is 1. The van der Waals surface area contributed by atoms with Crippen molar-refractivity contribution in [2.45, 2.75) is 31.1 Å². The van der Waals surface area contributed by atoms with Gasteiger partial charge in [-0.1, -0.05) is 0 Å². The van der Waals surface area contributed by atoms with E-state index in [4.69, 9.17) is 4.74 Å². The molecule has 2 aliphatic heterocycles. The first-order valence-electron chi connectivity index (χ1n) is 5.30. The molecule has 82 valence electrons. The molecular weight excluding hydrogens is 198 g/mol. The molecule has 14 heavy (non-hydrogen) atoms. The van der Waals surface area contributed by atoms with Gasteiger partial charge in [0.2, 0.25) is 0 Å². The zero-order valence-corrected chi connectivity index (χ0v) is 9.81. The summed E-state index contributed by atoms with van der Waals surface area (Å²) in [5.74, 6) is 0.819. The third-order valence-corrected chi connectivity index (χ3v) is 5.09. The largest absolute Gasteiger partial charge is 0.372 e. The summed E-state index contributed by atoms with van der Waals surface area (Å²) in [5.41, 5.74) is 0. The first-order chi connectivity index (χ1) is 6.58. The van der Waals surface area contributed by atoms with Crippen molar-refractivity contribution in [3.8, 4) is 0 Å². The molecule has 2 saturated heterocycles. The summed E-state index contributed by atoms with van der Waals surface area (Å²) in [6.45, 7) is 8.21. The van der Waals surface area contributed by atoms with Crippen LogP contribution < -0.4 is 0 Å². The molecule has 0 bridgehead atoms. The molecule has 0 saturated carbocycles. The van der Waals surface area contributed by atoms with E-state index in [1.54, 1.807) is 0 Å². The first-order valence-corrected chi connectivity index (χ1v) is 6.62. The lowest BCUT2D eigenvalue weighted by atomic mass is 10.1. The maximum absolute atomic E-state index is 11.8. The van der Waals surface area contributed by atoms with Crippen molar-refractivity contribution in [2.24, 2.45) is 0 Å². The van der Waals surface area contributed by atoms with E-state index in [2.05, 4.69) is 18.7 Å². The fourth-order valence-corrected chi connectivity index (χ4v) is 3.08. The maximum Gasteiger partial charge on any atom is 0.0936 e. The Balaban J connectivity index is 1.89. The predicted octanol–water partition coefficient (Wildman–Crippen LogP) is 0.618. The van der Waals surface area contributed by atoms with Crippen LogP contribution in [-0.2, 0) is 15.5 Å². The van der Waals surface area contributed by atoms with Crippen molar-refractivity contribution in [1.82, 2.24) is 4.90 Å². The van der Waals surface area contributed by atoms with Crippen LogP contribution in [0.25, 0.3) is 0 Å². The molecule has 0 amide bonds. The minimum absolute atomic E-state index is 0.000835. The zero-order valence-electron chi connectivity index (χ0n) is 8.99. The van der Waals surface area contributed by atoms with E-state index < -0.39 is 10.8 Å². The van der Waals surface area contributed by atoms with Gasteiger partial charge >= 0.3 is 0 Å². The lowest BCUT2D eigenvalue weighted by Crippen LogP contribution is -2.30. The average Bonchev–Trinajstić information content (AvgIpc) is 2.92. The Bertz CT molecular complexity index is 238. The molecule has 2 aliphatic rings. The Labute approximate surface area is 88.3 Å². The van der Waals surface area contributed by atoms with E-state index in [0.717, 1.165) is 38.4 Å². The van der Waals surface area contributed by atoms with Gasteiger partial charge in [0.1, 0.15) is 0 Å². The van der Waals surface area contributed by atoms with Gasteiger partial charge in [0.15, 0.2) is 0 Å². The van der Waals surface area contributed by atoms with Gasteiger partial charge in [-0.25, -0.2) is 0 Å². The van der Waals surface area contributed by atoms with E-state index in [9.17, 15) is 4.21 Å². The third-order valence-electron chi connectivity index (χ3n) is 3.10. The lowest BCUT2D eigenvalue weighted by molar-refractivity contribution is 0.250. The maximum atomic E-state index is 11.8. The normalized spacial score (nSPS) is 37.9. The highest BCUT2D eigenvalue weighted by molar-refractivity contribution is 7.86. The number of epoxide rings is 1. The Morgan fingerprint density at radius 3 is 2.86 bits per heavy atom. The van der Waals surface area contributed by atoms with Gasteiger partial charge in [-0.05, 0) is 26.8 Å². The molecule has 2 heterocycles. The monoisotopic (exact) mass is 217 g/mol. The topological polar surface area (TPSA) is 32.8 Å². The molecule has 0 spiro atoms. The Hall–Kier alpha value is 0.0700. The van der Waals surface area contributed by atoms with E-state index >= 15 is 0 Å². The van der Waals surface area contributed by atoms with Crippen molar-refractivity contribution in [3.05, 3.63) is 0 Å². The smallest absolute Gasteiger partial charge is 0.0936 e. The molecule has 0 aromatic heterocycles. The zero-order chi connectivity index (χ0) is 10.2. The Morgan fingerprint density at radius 1 is 1.50 bits per heavy atom. The molecule has 1 unspecified atom stereocenters. The van der Waals surface area contributed by atoms with Gasteiger partial charge < -0.3 is 4.74 Å². The van der Waals surface area contributed by atoms with Gasteiger partial charge in [-0.3, -0.25) is 9.11 Å². The summed E-state index contributed by atoms with van der Waals surface area (Å²) in [6, 6.07) is 0. The molecule has 0 radical (unpaired) electrons. The van der Waals surface area contributed by atoms with Gasteiger partial charge in [0.05, 0.1) is 12.7 Å². The standard InChI is InChI=1S/C10H19NO2S/c1-10(2)3-4-11(5-6-14(10)12)7-9-8-13-9/h9H,3-8H2,1-2H3/t9-,14?/m0/s1. The summed E-state index contributed by atoms with van der Waals surface area (Å²) in [5, 5.41) is 0. The molecule has 0 N–H and O–H groups in total. The highest BCUT2D eigenvalue weighted by Gasteiger charge is 2.32. The van der Waals surface area contributed by atoms with E-state index in [1.165, 1.54) is 0 Å². The SMILES string of the molecule is CC1(C)CCN(C[C@H]2CO2)CCS1=O. The number of rotatable bonds is 2. The van der Waals surface area contributed by atoms with E-state index in [0.29, 0.717) is 6.10 Å². The Morgan fingerprint density at radius 2 is 2.21 bits per heavy atom. The second-order valence-corrected chi connectivity index (χ2v) is 7.02. The van der Waals surface area contributed by atoms with Gasteiger partial charge in [-0.2, -0.15) is 0 Å². The fraction of sp³-hybridized carbons (Fsp3) is 1.00. The first kappa shape index (κ1) is 10.6. The molecule has 0 aromatic rings. The Kier molecular flexibility index (Phi) is 2.96. The van der Waals surface area contributed by atoms with Gasteiger partial charge in [-0.15, -0.1) is 0 Å². The van der Waals surface area contributed by atoms with Crippen molar-refractivity contribution in [1.29, 1.82) is 0 Å². The van der Waals surface area contributed by atoms with Gasteiger partial charge in [0, 0.05) is 34.4 Å². The summed E-state index contributed by atoms with van der Waals surface area (Å²) in [6.07, 6.45) is 1.50. The average molecular weight is 217 g/mol. The molecule has 3 nitrogen and oxygen atoms in total. The van der Waals surface area contributed by atoms with Crippen LogP contribution >= 0.6 is 0 Å². The summed E-state index contributed by atoms with van der Waals surface area (Å²) in [4.78, 5) is 2.39. The van der Waals surface area contributed by atoms with E-state index in [1.807, 2.05) is 0 Å². The van der Waals surface area contributed by atoms with Crippen LogP contribution in [0.5, 0.6) is 0 Å². The second kappa shape index (κ2) is 3.91. The van der Waals surface area contributed by atoms with Crippen molar-refractivity contribution in [2.75, 3.05) is 32.0 Å². The molecule has 2 atom stereocenters. The number of hydrogen-bond donors (Lipinski definition) is 0. The minimum Gasteiger partial charge on any atom is -0.372 e. The second-order valence-electron chi connectivity index (χ2n) is 4.82. The van der Waals surface area contributed by atoms with E-state index in [-0.39, 0.29) is 4.75 Å². The molecule has 0 aliphatic carbocycles. The van der Waals surface area contributed by atoms with Crippen molar-refractivity contribution < 1.29 is 8.95 Å².